The lowest BCUT2D eigenvalue weighted by atomic mass is 10.3. The van der Waals surface area contributed by atoms with Crippen LogP contribution in [0, 0.1) is 18.2 Å². The van der Waals surface area contributed by atoms with Crippen LogP contribution in [0.1, 0.15) is 0 Å². The van der Waals surface area contributed by atoms with Crippen LogP contribution >= 0.6 is 12.4 Å². The second-order valence-electron chi connectivity index (χ2n) is 2.06. The molecule has 0 heterocycles. The number of anilines is 1. The van der Waals surface area contributed by atoms with Crippen molar-refractivity contribution >= 4 is 18.1 Å². The topological polar surface area (TPSA) is 12.0 Å². The Hall–Kier alpha value is -1.20. The molecule has 0 bridgehead atoms. The zero-order valence-electron chi connectivity index (χ0n) is 6.38. The van der Waals surface area contributed by atoms with Gasteiger partial charge in [-0.05, 0) is 24.3 Å². The molecule has 0 radical (unpaired) electrons. The van der Waals surface area contributed by atoms with Crippen LogP contribution in [0.2, 0.25) is 0 Å². The van der Waals surface area contributed by atoms with Crippen molar-refractivity contribution in [2.45, 2.75) is 0 Å². The van der Waals surface area contributed by atoms with Gasteiger partial charge in [-0.2, -0.15) is 0 Å². The maximum absolute atomic E-state index is 12.3. The van der Waals surface area contributed by atoms with Crippen molar-refractivity contribution < 1.29 is 4.39 Å². The minimum absolute atomic E-state index is 0. The maximum atomic E-state index is 12.3. The number of hydrogen-bond donors (Lipinski definition) is 1. The van der Waals surface area contributed by atoms with E-state index < -0.39 is 0 Å². The van der Waals surface area contributed by atoms with E-state index in [2.05, 4.69) is 11.2 Å². The van der Waals surface area contributed by atoms with Gasteiger partial charge in [0.05, 0.1) is 6.54 Å². The van der Waals surface area contributed by atoms with E-state index in [1.54, 1.807) is 12.1 Å². The van der Waals surface area contributed by atoms with Crippen molar-refractivity contribution in [2.24, 2.45) is 0 Å². The molecule has 0 saturated heterocycles. The van der Waals surface area contributed by atoms with Crippen molar-refractivity contribution in [2.75, 3.05) is 11.9 Å². The molecule has 0 spiro atoms. The fourth-order valence-electron chi connectivity index (χ4n) is 0.721. The summed E-state index contributed by atoms with van der Waals surface area (Å²) in [4.78, 5) is 0. The highest BCUT2D eigenvalue weighted by Crippen LogP contribution is 2.06. The molecule has 0 fully saturated rings. The maximum Gasteiger partial charge on any atom is 0.123 e. The van der Waals surface area contributed by atoms with Crippen LogP contribution in [0.25, 0.3) is 0 Å². The minimum atomic E-state index is -0.240. The number of rotatable bonds is 2. The Morgan fingerprint density at radius 2 is 1.92 bits per heavy atom. The van der Waals surface area contributed by atoms with Crippen molar-refractivity contribution in [1.82, 2.24) is 0 Å². The number of benzene rings is 1. The molecule has 12 heavy (non-hydrogen) atoms. The Kier molecular flexibility index (Phi) is 4.91. The Labute approximate surface area is 77.4 Å². The monoisotopic (exact) mass is 185 g/mol. The van der Waals surface area contributed by atoms with Gasteiger partial charge in [-0.1, -0.05) is 5.92 Å². The van der Waals surface area contributed by atoms with E-state index in [1.165, 1.54) is 12.1 Å². The van der Waals surface area contributed by atoms with E-state index in [0.29, 0.717) is 6.54 Å². The van der Waals surface area contributed by atoms with Gasteiger partial charge >= 0.3 is 0 Å². The summed E-state index contributed by atoms with van der Waals surface area (Å²) in [6, 6.07) is 6.07. The van der Waals surface area contributed by atoms with Gasteiger partial charge in [0.1, 0.15) is 5.82 Å². The lowest BCUT2D eigenvalue weighted by Crippen LogP contribution is -1.97. The summed E-state index contributed by atoms with van der Waals surface area (Å²) in [5, 5.41) is 2.92. The van der Waals surface area contributed by atoms with Crippen LogP contribution < -0.4 is 5.32 Å². The third-order valence-electron chi connectivity index (χ3n) is 1.24. The van der Waals surface area contributed by atoms with Crippen molar-refractivity contribution in [3.63, 3.8) is 0 Å². The molecule has 1 aromatic carbocycles. The first-order valence-electron chi connectivity index (χ1n) is 3.26. The lowest BCUT2D eigenvalue weighted by molar-refractivity contribution is 0.628. The molecular formula is C9H9ClFN. The van der Waals surface area contributed by atoms with Gasteiger partial charge in [0.15, 0.2) is 0 Å². The predicted molar refractivity (Wildman–Crippen MR) is 51.0 cm³/mol. The first kappa shape index (κ1) is 10.8. The Bertz CT molecular complexity index is 263. The predicted octanol–water partition coefficient (Wildman–Crippen LogP) is 2.29. The molecule has 1 aromatic rings. The zero-order chi connectivity index (χ0) is 8.10. The second kappa shape index (κ2) is 5.45. The van der Waals surface area contributed by atoms with Gasteiger partial charge in [-0.15, -0.1) is 18.8 Å². The molecule has 1 nitrogen and oxygen atoms in total. The Balaban J connectivity index is 0.00000121. The molecule has 0 unspecified atom stereocenters. The molecule has 0 aromatic heterocycles. The molecule has 0 aliphatic carbocycles. The highest BCUT2D eigenvalue weighted by Gasteiger charge is 1.89. The summed E-state index contributed by atoms with van der Waals surface area (Å²) in [6.45, 7) is 0.464. The first-order valence-corrected chi connectivity index (χ1v) is 3.26. The molecular weight excluding hydrogens is 177 g/mol. The Morgan fingerprint density at radius 1 is 1.33 bits per heavy atom. The van der Waals surface area contributed by atoms with Crippen LogP contribution in [0.3, 0.4) is 0 Å². The third kappa shape index (κ3) is 3.27. The average Bonchev–Trinajstić information content (AvgIpc) is 2.04. The SMILES string of the molecule is C#CCNc1ccc(F)cc1.Cl. The fraction of sp³-hybridized carbons (Fsp3) is 0.111. The van der Waals surface area contributed by atoms with E-state index in [-0.39, 0.29) is 18.2 Å². The molecule has 1 N–H and O–H groups in total. The van der Waals surface area contributed by atoms with Crippen molar-refractivity contribution in [1.29, 1.82) is 0 Å². The summed E-state index contributed by atoms with van der Waals surface area (Å²) in [7, 11) is 0. The van der Waals surface area contributed by atoms with Gasteiger partial charge < -0.3 is 5.32 Å². The minimum Gasteiger partial charge on any atom is -0.374 e. The fourth-order valence-corrected chi connectivity index (χ4v) is 0.721. The number of halogens is 2. The van der Waals surface area contributed by atoms with E-state index >= 15 is 0 Å². The second-order valence-corrected chi connectivity index (χ2v) is 2.06. The number of hydrogen-bond acceptors (Lipinski definition) is 1. The third-order valence-corrected chi connectivity index (χ3v) is 1.24. The summed E-state index contributed by atoms with van der Waals surface area (Å²) < 4.78 is 12.3. The molecule has 3 heteroatoms. The number of terminal acetylenes is 1. The summed E-state index contributed by atoms with van der Waals surface area (Å²) in [5.41, 5.74) is 0.837. The highest BCUT2D eigenvalue weighted by molar-refractivity contribution is 5.85. The molecule has 0 saturated carbocycles. The van der Waals surface area contributed by atoms with Crippen LogP contribution in [0.15, 0.2) is 24.3 Å². The van der Waals surface area contributed by atoms with Crippen LogP contribution in [0.5, 0.6) is 0 Å². The molecule has 0 amide bonds. The summed E-state index contributed by atoms with van der Waals surface area (Å²) >= 11 is 0. The smallest absolute Gasteiger partial charge is 0.123 e. The Morgan fingerprint density at radius 3 is 2.42 bits per heavy atom. The van der Waals surface area contributed by atoms with Crippen molar-refractivity contribution in [3.05, 3.63) is 30.1 Å². The number of nitrogens with one attached hydrogen (secondary N) is 1. The van der Waals surface area contributed by atoms with Crippen molar-refractivity contribution in [3.8, 4) is 12.3 Å². The van der Waals surface area contributed by atoms with E-state index in [1.807, 2.05) is 0 Å². The normalized spacial score (nSPS) is 8.00. The molecule has 64 valence electrons. The van der Waals surface area contributed by atoms with Crippen LogP contribution in [-0.2, 0) is 0 Å². The molecule has 1 rings (SSSR count). The van der Waals surface area contributed by atoms with Gasteiger partial charge in [0.25, 0.3) is 0 Å². The van der Waals surface area contributed by atoms with E-state index in [9.17, 15) is 4.39 Å². The quantitative estimate of drug-likeness (QED) is 0.698. The van der Waals surface area contributed by atoms with E-state index in [4.69, 9.17) is 6.42 Å². The first-order chi connectivity index (χ1) is 5.33. The standard InChI is InChI=1S/C9H8FN.ClH/c1-2-7-11-9-5-3-8(10)4-6-9;/h1,3-6,11H,7H2;1H. The van der Waals surface area contributed by atoms with Crippen LogP contribution in [-0.4, -0.2) is 6.54 Å². The molecule has 0 aliphatic rings. The summed E-state index contributed by atoms with van der Waals surface area (Å²) in [5.74, 6) is 2.19. The zero-order valence-corrected chi connectivity index (χ0v) is 7.20. The van der Waals surface area contributed by atoms with Gasteiger partial charge in [-0.25, -0.2) is 4.39 Å². The van der Waals surface area contributed by atoms with Gasteiger partial charge in [-0.3, -0.25) is 0 Å². The lowest BCUT2D eigenvalue weighted by Gasteiger charge is -1.99. The average molecular weight is 186 g/mol. The molecule has 0 aliphatic heterocycles. The highest BCUT2D eigenvalue weighted by atomic mass is 35.5. The van der Waals surface area contributed by atoms with E-state index in [0.717, 1.165) is 5.69 Å². The largest absolute Gasteiger partial charge is 0.374 e. The van der Waals surface area contributed by atoms with Crippen LogP contribution in [0.4, 0.5) is 10.1 Å². The summed E-state index contributed by atoms with van der Waals surface area (Å²) in [6.07, 6.45) is 5.02. The van der Waals surface area contributed by atoms with Gasteiger partial charge in [0.2, 0.25) is 0 Å². The van der Waals surface area contributed by atoms with Gasteiger partial charge in [0, 0.05) is 5.69 Å². The molecule has 0 atom stereocenters.